The van der Waals surface area contributed by atoms with E-state index in [0.29, 0.717) is 0 Å². The molecule has 0 radical (unpaired) electrons. The first-order valence-corrected chi connectivity index (χ1v) is 21.5. The van der Waals surface area contributed by atoms with E-state index in [1.165, 1.54) is 0 Å². The van der Waals surface area contributed by atoms with Crippen molar-refractivity contribution >= 4 is 60.8 Å². The van der Waals surface area contributed by atoms with Crippen LogP contribution >= 0.6 is 60.8 Å². The molecule has 0 saturated carbocycles. The molecule has 0 fully saturated rings. The van der Waals surface area contributed by atoms with E-state index in [0.717, 1.165) is 0 Å². The number of rotatable bonds is 15. The van der Waals surface area contributed by atoms with Crippen LogP contribution in [0.3, 0.4) is 0 Å². The van der Waals surface area contributed by atoms with Crippen molar-refractivity contribution < 1.29 is 417 Å². The zero-order chi connectivity index (χ0) is 32.9. The molecule has 242 valence electrons. The Morgan fingerprint density at radius 2 is 0.304 bits per heavy atom. The van der Waals surface area contributed by atoms with E-state index in [1.54, 1.807) is 0 Å². The Hall–Kier alpha value is 10.7. The molecule has 0 N–H and O–H groups in total. The Kier molecular flexibility index (Phi) is 92.4. The van der Waals surface area contributed by atoms with E-state index in [4.69, 9.17) is 0 Å². The van der Waals surface area contributed by atoms with Gasteiger partial charge in [-0.1, -0.05) is 0 Å². The summed E-state index contributed by atoms with van der Waals surface area (Å²) in [6, 6.07) is 0. The second-order valence-electron chi connectivity index (χ2n) is 7.18. The molecule has 0 atom stereocenters. The second-order valence-corrected chi connectivity index (χ2v) is 21.4. The molecule has 0 spiro atoms. The standard InChI is InChI=1S/C6H24N2O24P8.16Li/c9-33(10,11)3(34(12,13)14)7(4(35(15,16)17)36(18,19)20)1-2-8(5(37(21,22)23)38(24,25)26)6(39(27,28)29)40(30,31)32;;;;;;;;;;;;;;;;/h3-6H,1-2H2,(H2,9,10,11)(H2,12,13,14)(H2,15,16,17)(H2,18,19,20)(H2,21,22,23)(H2,24,25,26)(H2,27,28,29)(H2,30,31,32);;;;;;;;;;;;;;;;/q;16*+1/p-16. The van der Waals surface area contributed by atoms with Gasteiger partial charge in [-0.15, -0.1) is 0 Å². The Bertz CT molecular complexity index is 1060. The summed E-state index contributed by atoms with van der Waals surface area (Å²) in [5.41, 5.74) is -18.9. The Morgan fingerprint density at radius 3 is 0.357 bits per heavy atom. The van der Waals surface area contributed by atoms with Crippen LogP contribution in [-0.4, -0.2) is 45.0 Å². The smallest absolute Gasteiger partial charge is 0.809 e. The largest absolute Gasteiger partial charge is 1.00 e. The van der Waals surface area contributed by atoms with Crippen LogP contribution in [0, 0.1) is 0 Å². The number of nitrogens with zero attached hydrogens (tertiary/aromatic N) is 2. The summed E-state index contributed by atoms with van der Waals surface area (Å²) < 4.78 is 91.3. The summed E-state index contributed by atoms with van der Waals surface area (Å²) in [6.07, 6.45) is 0. The van der Waals surface area contributed by atoms with Gasteiger partial charge in [0.15, 0.2) is 0 Å². The van der Waals surface area contributed by atoms with Crippen molar-refractivity contribution in [1.29, 1.82) is 0 Å². The quantitative estimate of drug-likeness (QED) is 0.109. The van der Waals surface area contributed by atoms with Crippen molar-refractivity contribution in [3.63, 3.8) is 0 Å². The maximum atomic E-state index is 11.4. The molecule has 0 amide bonds. The van der Waals surface area contributed by atoms with Crippen LogP contribution in [0.1, 0.15) is 0 Å². The van der Waals surface area contributed by atoms with Gasteiger partial charge < -0.3 is 115 Å². The van der Waals surface area contributed by atoms with E-state index in [9.17, 15) is 115 Å². The first-order valence-electron chi connectivity index (χ1n) is 8.61. The molecule has 0 aliphatic heterocycles. The van der Waals surface area contributed by atoms with Gasteiger partial charge >= 0.3 is 302 Å². The predicted molar refractivity (Wildman–Crippen MR) is 89.4 cm³/mol. The Balaban J connectivity index is -0.0000000634. The molecule has 26 nitrogen and oxygen atoms in total. The topological polar surface area (TPSA) is 512 Å². The van der Waals surface area contributed by atoms with Crippen LogP contribution in [0.4, 0.5) is 0 Å². The summed E-state index contributed by atoms with van der Waals surface area (Å²) >= 11 is 0. The first kappa shape index (κ1) is 117. The molecule has 0 saturated heterocycles. The third-order valence-corrected chi connectivity index (χ3v) is 17.8. The maximum Gasteiger partial charge on any atom is 1.00 e. The molecule has 0 aromatic heterocycles. The Morgan fingerprint density at radius 1 is 0.232 bits per heavy atom. The van der Waals surface area contributed by atoms with Crippen molar-refractivity contribution in [2.24, 2.45) is 0 Å². The molecular formula is C6H8Li16N2O24P8. The molecule has 0 rings (SSSR count). The van der Waals surface area contributed by atoms with Crippen molar-refractivity contribution in [3.05, 3.63) is 0 Å². The Labute approximate surface area is 513 Å². The molecule has 0 aromatic rings. The van der Waals surface area contributed by atoms with E-state index in [-0.39, 0.29) is 302 Å². The van der Waals surface area contributed by atoms with E-state index in [1.807, 2.05) is 0 Å². The van der Waals surface area contributed by atoms with E-state index < -0.39 is 106 Å². The first-order chi connectivity index (χ1) is 17.0. The van der Waals surface area contributed by atoms with Gasteiger partial charge in [0.1, 0.15) is 0 Å². The normalized spacial score (nSPS) is 11.3. The SMILES string of the molecule is O=P([O-])([O-])C(N(CCN(C(P(=O)([O-])[O-])P(=O)([O-])[O-])C(P(=O)([O-])[O-])P(=O)([O-])[O-])C(P(=O)([O-])[O-])P(=O)([O-])[O-])P(=O)([O-])[O-].[Li+].[Li+].[Li+].[Li+].[Li+].[Li+].[Li+].[Li+].[Li+].[Li+].[Li+].[Li+].[Li+].[Li+].[Li+].[Li+]. The summed E-state index contributed by atoms with van der Waals surface area (Å²) in [7, 11) is -59.0. The van der Waals surface area contributed by atoms with Crippen LogP contribution in [0.5, 0.6) is 0 Å². The van der Waals surface area contributed by atoms with Gasteiger partial charge in [-0.3, -0.25) is 9.80 Å². The molecule has 0 heterocycles. The zero-order valence-electron chi connectivity index (χ0n) is 34.0. The second kappa shape index (κ2) is 44.4. The van der Waals surface area contributed by atoms with Gasteiger partial charge in [-0.2, -0.15) is 0 Å². The molecule has 56 heavy (non-hydrogen) atoms. The monoisotopic (exact) mass is 852 g/mol. The van der Waals surface area contributed by atoms with Gasteiger partial charge in [0.05, 0.1) is 22.1 Å². The van der Waals surface area contributed by atoms with E-state index >= 15 is 0 Å². The number of hydrogen-bond donors (Lipinski definition) is 0. The fraction of sp³-hybridized carbons (Fsp3) is 1.00. The van der Waals surface area contributed by atoms with Crippen molar-refractivity contribution in [3.8, 4) is 0 Å². The summed E-state index contributed by atoms with van der Waals surface area (Å²) in [6.45, 7) is -5.62. The maximum absolute atomic E-state index is 11.4. The van der Waals surface area contributed by atoms with Gasteiger partial charge in [0.25, 0.3) is 0 Å². The minimum Gasteiger partial charge on any atom is -0.809 e. The summed E-state index contributed by atoms with van der Waals surface area (Å²) in [4.78, 5) is 179. The van der Waals surface area contributed by atoms with Crippen molar-refractivity contribution in [2.75, 3.05) is 13.1 Å². The molecule has 0 bridgehead atoms. The average Bonchev–Trinajstić information content (AvgIpc) is 2.48. The molecular weight excluding hydrogens is 843 g/mol. The molecule has 0 aliphatic carbocycles. The third-order valence-electron chi connectivity index (χ3n) is 4.07. The predicted octanol–water partition coefficient (Wildman–Crippen LogP) is -61.9. The number of hydrogen-bond acceptors (Lipinski definition) is 26. The van der Waals surface area contributed by atoms with Crippen molar-refractivity contribution in [1.82, 2.24) is 9.80 Å². The minimum atomic E-state index is -7.38. The van der Waals surface area contributed by atoms with Gasteiger partial charge in [0.2, 0.25) is 0 Å². The van der Waals surface area contributed by atoms with Crippen LogP contribution in [0.2, 0.25) is 0 Å². The van der Waals surface area contributed by atoms with E-state index in [2.05, 4.69) is 0 Å². The summed E-state index contributed by atoms with van der Waals surface area (Å²) in [5, 5.41) is 0. The van der Waals surface area contributed by atoms with Gasteiger partial charge in [-0.05, 0) is 60.8 Å². The van der Waals surface area contributed by atoms with Crippen LogP contribution < -0.4 is 380 Å². The average molecular weight is 851 g/mol. The molecule has 0 aromatic carbocycles. The molecule has 50 heteroatoms. The van der Waals surface area contributed by atoms with Gasteiger partial charge in [-0.25, -0.2) is 0 Å². The minimum absolute atomic E-state index is 0. The fourth-order valence-electron chi connectivity index (χ4n) is 3.08. The molecule has 0 aliphatic rings. The van der Waals surface area contributed by atoms with Crippen LogP contribution in [-0.2, 0) is 36.5 Å². The van der Waals surface area contributed by atoms with Crippen LogP contribution in [0.25, 0.3) is 0 Å². The van der Waals surface area contributed by atoms with Gasteiger partial charge in [0, 0.05) is 13.1 Å². The third kappa shape index (κ3) is 41.3. The van der Waals surface area contributed by atoms with Crippen molar-refractivity contribution in [2.45, 2.75) is 22.1 Å². The summed E-state index contributed by atoms with van der Waals surface area (Å²) in [5.74, 6) is 0. The fourth-order valence-corrected chi connectivity index (χ4v) is 14.4. The van der Waals surface area contributed by atoms with Crippen LogP contribution in [0.15, 0.2) is 0 Å². The zero-order valence-corrected chi connectivity index (χ0v) is 41.1. The molecule has 0 unspecified atom stereocenters.